The fourth-order valence-corrected chi connectivity index (χ4v) is 5.11. The van der Waals surface area contributed by atoms with E-state index in [1.54, 1.807) is 0 Å². The third-order valence-corrected chi connectivity index (χ3v) is 8.07. The highest BCUT2D eigenvalue weighted by Gasteiger charge is 2.43. The number of likely N-dealkylation sites (tertiary alicyclic amines) is 2. The average molecular weight is 337 g/mol. The molecule has 2 fully saturated rings. The van der Waals surface area contributed by atoms with Crippen LogP contribution in [0.2, 0.25) is 0 Å². The van der Waals surface area contributed by atoms with Gasteiger partial charge >= 0.3 is 0 Å². The molecule has 142 valence electrons. The highest BCUT2D eigenvalue weighted by Crippen LogP contribution is 2.46. The largest absolute Gasteiger partial charge is 0.306 e. The van der Waals surface area contributed by atoms with E-state index >= 15 is 0 Å². The summed E-state index contributed by atoms with van der Waals surface area (Å²) >= 11 is 0. The van der Waals surface area contributed by atoms with Gasteiger partial charge < -0.3 is 4.90 Å². The van der Waals surface area contributed by atoms with Crippen molar-refractivity contribution in [1.82, 2.24) is 9.80 Å². The zero-order chi connectivity index (χ0) is 18.1. The lowest BCUT2D eigenvalue weighted by molar-refractivity contribution is -0.0325. The maximum Gasteiger partial charge on any atom is 0.0176 e. The molecule has 0 aromatic carbocycles. The van der Waals surface area contributed by atoms with Crippen molar-refractivity contribution >= 4 is 0 Å². The van der Waals surface area contributed by atoms with Crippen molar-refractivity contribution in [3.05, 3.63) is 0 Å². The standard InChI is InChI=1S/C22H44N2/c1-9-21(4,5)20-12-14-23(8)16-19(20)18-11-10-13-24(15-18)22(6,7)17(2)3/h17-20H,9-16H2,1-8H3. The lowest BCUT2D eigenvalue weighted by atomic mass is 9.62. The van der Waals surface area contributed by atoms with Crippen LogP contribution in [-0.4, -0.2) is 48.6 Å². The van der Waals surface area contributed by atoms with E-state index in [0.717, 1.165) is 17.8 Å². The van der Waals surface area contributed by atoms with Gasteiger partial charge in [0.05, 0.1) is 0 Å². The second-order valence-corrected chi connectivity index (χ2v) is 10.3. The van der Waals surface area contributed by atoms with Crippen molar-refractivity contribution in [3.8, 4) is 0 Å². The predicted molar refractivity (Wildman–Crippen MR) is 106 cm³/mol. The van der Waals surface area contributed by atoms with E-state index in [1.165, 1.54) is 51.9 Å². The van der Waals surface area contributed by atoms with Crippen molar-refractivity contribution in [3.63, 3.8) is 0 Å². The van der Waals surface area contributed by atoms with Crippen molar-refractivity contribution in [2.45, 2.75) is 79.7 Å². The molecule has 3 unspecified atom stereocenters. The molecule has 24 heavy (non-hydrogen) atoms. The summed E-state index contributed by atoms with van der Waals surface area (Å²) in [6.45, 7) is 22.4. The fourth-order valence-electron chi connectivity index (χ4n) is 5.11. The summed E-state index contributed by atoms with van der Waals surface area (Å²) in [4.78, 5) is 5.41. The Bertz CT molecular complexity index is 399. The Morgan fingerprint density at radius 1 is 1.00 bits per heavy atom. The molecule has 2 saturated heterocycles. The zero-order valence-electron chi connectivity index (χ0n) is 17.9. The molecule has 2 heterocycles. The molecule has 2 nitrogen and oxygen atoms in total. The minimum absolute atomic E-state index is 0.328. The van der Waals surface area contributed by atoms with Gasteiger partial charge in [-0.1, -0.05) is 41.0 Å². The zero-order valence-corrected chi connectivity index (χ0v) is 17.9. The molecular weight excluding hydrogens is 292 g/mol. The second-order valence-electron chi connectivity index (χ2n) is 10.3. The topological polar surface area (TPSA) is 6.48 Å². The number of hydrogen-bond acceptors (Lipinski definition) is 2. The van der Waals surface area contributed by atoms with Gasteiger partial charge in [0, 0.05) is 18.6 Å². The summed E-state index contributed by atoms with van der Waals surface area (Å²) in [5, 5.41) is 0. The average Bonchev–Trinajstić information content (AvgIpc) is 2.54. The SMILES string of the molecule is CCC(C)(C)C1CCN(C)CC1C1CCCN(C(C)(C)C(C)C)C1. The molecular formula is C22H44N2. The Hall–Kier alpha value is -0.0800. The molecule has 0 amide bonds. The Labute approximate surface area is 152 Å². The first-order valence-corrected chi connectivity index (χ1v) is 10.5. The maximum absolute atomic E-state index is 2.82. The molecule has 0 aromatic heterocycles. The highest BCUT2D eigenvalue weighted by molar-refractivity contribution is 4.95. The van der Waals surface area contributed by atoms with Crippen molar-refractivity contribution in [2.75, 3.05) is 33.2 Å². The van der Waals surface area contributed by atoms with Crippen molar-refractivity contribution in [2.24, 2.45) is 29.1 Å². The molecule has 0 aliphatic carbocycles. The van der Waals surface area contributed by atoms with Gasteiger partial charge in [-0.05, 0) is 82.3 Å². The minimum Gasteiger partial charge on any atom is -0.306 e. The molecule has 0 saturated carbocycles. The summed E-state index contributed by atoms with van der Waals surface area (Å²) in [5.41, 5.74) is 0.816. The van der Waals surface area contributed by atoms with Crippen LogP contribution in [0.25, 0.3) is 0 Å². The van der Waals surface area contributed by atoms with Crippen LogP contribution in [-0.2, 0) is 0 Å². The summed E-state index contributed by atoms with van der Waals surface area (Å²) < 4.78 is 0. The van der Waals surface area contributed by atoms with E-state index in [-0.39, 0.29) is 0 Å². The summed E-state index contributed by atoms with van der Waals surface area (Å²) in [6, 6.07) is 0. The molecule has 0 aromatic rings. The second kappa shape index (κ2) is 7.66. The van der Waals surface area contributed by atoms with Crippen LogP contribution >= 0.6 is 0 Å². The summed E-state index contributed by atoms with van der Waals surface area (Å²) in [5.74, 6) is 3.37. The van der Waals surface area contributed by atoms with Gasteiger partial charge in [-0.25, -0.2) is 0 Å². The Balaban J connectivity index is 2.17. The third-order valence-electron chi connectivity index (χ3n) is 8.07. The van der Waals surface area contributed by atoms with Gasteiger partial charge in [0.1, 0.15) is 0 Å². The van der Waals surface area contributed by atoms with Gasteiger partial charge in [-0.3, -0.25) is 4.90 Å². The number of hydrogen-bond donors (Lipinski definition) is 0. The van der Waals surface area contributed by atoms with E-state index in [4.69, 9.17) is 0 Å². The predicted octanol–water partition coefficient (Wildman–Crippen LogP) is 5.14. The molecule has 0 N–H and O–H groups in total. The van der Waals surface area contributed by atoms with Crippen LogP contribution in [0.1, 0.15) is 74.1 Å². The molecule has 2 aliphatic heterocycles. The first-order valence-electron chi connectivity index (χ1n) is 10.5. The van der Waals surface area contributed by atoms with Gasteiger partial charge in [-0.15, -0.1) is 0 Å². The normalized spacial score (nSPS) is 31.6. The van der Waals surface area contributed by atoms with E-state index < -0.39 is 0 Å². The first kappa shape index (κ1) is 20.2. The molecule has 2 rings (SSSR count). The van der Waals surface area contributed by atoms with E-state index in [0.29, 0.717) is 16.9 Å². The monoisotopic (exact) mass is 336 g/mol. The Kier molecular flexibility index (Phi) is 6.46. The molecule has 0 radical (unpaired) electrons. The maximum atomic E-state index is 2.82. The summed E-state index contributed by atoms with van der Waals surface area (Å²) in [6.07, 6.45) is 5.54. The molecule has 2 aliphatic rings. The third kappa shape index (κ3) is 4.18. The van der Waals surface area contributed by atoms with E-state index in [2.05, 4.69) is 65.3 Å². The number of nitrogens with zero attached hydrogens (tertiary/aromatic N) is 2. The van der Waals surface area contributed by atoms with Gasteiger partial charge in [-0.2, -0.15) is 0 Å². The fraction of sp³-hybridized carbons (Fsp3) is 1.00. The van der Waals surface area contributed by atoms with Crippen LogP contribution in [0.5, 0.6) is 0 Å². The van der Waals surface area contributed by atoms with Crippen molar-refractivity contribution < 1.29 is 0 Å². The lowest BCUT2D eigenvalue weighted by Gasteiger charge is -2.52. The first-order chi connectivity index (χ1) is 11.1. The van der Waals surface area contributed by atoms with Gasteiger partial charge in [0.15, 0.2) is 0 Å². The van der Waals surface area contributed by atoms with Gasteiger partial charge in [0.25, 0.3) is 0 Å². The number of rotatable bonds is 5. The number of piperidine rings is 2. The quantitative estimate of drug-likeness (QED) is 0.686. The van der Waals surface area contributed by atoms with E-state index in [1.807, 2.05) is 0 Å². The van der Waals surface area contributed by atoms with Crippen LogP contribution in [0.15, 0.2) is 0 Å². The summed E-state index contributed by atoms with van der Waals surface area (Å²) in [7, 11) is 2.33. The van der Waals surface area contributed by atoms with Crippen LogP contribution < -0.4 is 0 Å². The molecule has 0 bridgehead atoms. The van der Waals surface area contributed by atoms with Crippen LogP contribution in [0.3, 0.4) is 0 Å². The van der Waals surface area contributed by atoms with Gasteiger partial charge in [0.2, 0.25) is 0 Å². The van der Waals surface area contributed by atoms with E-state index in [9.17, 15) is 0 Å². The van der Waals surface area contributed by atoms with Crippen molar-refractivity contribution in [1.29, 1.82) is 0 Å². The smallest absolute Gasteiger partial charge is 0.0176 e. The Morgan fingerprint density at radius 2 is 1.67 bits per heavy atom. The molecule has 3 atom stereocenters. The Morgan fingerprint density at radius 3 is 2.25 bits per heavy atom. The lowest BCUT2D eigenvalue weighted by Crippen LogP contribution is -2.55. The minimum atomic E-state index is 0.328. The highest BCUT2D eigenvalue weighted by atomic mass is 15.2. The molecule has 0 spiro atoms. The van der Waals surface area contributed by atoms with Crippen LogP contribution in [0.4, 0.5) is 0 Å². The molecule has 2 heteroatoms. The van der Waals surface area contributed by atoms with Crippen LogP contribution in [0, 0.1) is 29.1 Å².